The molecule has 3 rings (SSSR count). The fraction of sp³-hybridized carbons (Fsp3) is 0.125. The van der Waals surface area contributed by atoms with Crippen LogP contribution in [0.2, 0.25) is 5.02 Å². The maximum Gasteiger partial charge on any atom is 0.187 e. The van der Waals surface area contributed by atoms with Gasteiger partial charge < -0.3 is 11.1 Å². The molecule has 0 aliphatic heterocycles. The van der Waals surface area contributed by atoms with Crippen molar-refractivity contribution in [1.29, 1.82) is 5.41 Å². The Morgan fingerprint density at radius 1 is 1.42 bits per heavy atom. The van der Waals surface area contributed by atoms with Gasteiger partial charge in [0.25, 0.3) is 0 Å². The Labute approximate surface area is 157 Å². The van der Waals surface area contributed by atoms with E-state index in [0.717, 1.165) is 41.7 Å². The fourth-order valence-corrected chi connectivity index (χ4v) is 4.79. The van der Waals surface area contributed by atoms with Crippen LogP contribution in [0.4, 0.5) is 10.8 Å². The number of hydrogen-bond donors (Lipinski definition) is 3. The SMILES string of the molecule is CSc1sc(C(=N)N)cc1-c1csc(Nc2cccc(Cl)c2C)n1. The smallest absolute Gasteiger partial charge is 0.187 e. The standard InChI is InChI=1S/C16H15ClN4S3/c1-8-10(17)4-3-5-11(8)20-16-21-12(7-23-16)9-6-13(14(18)19)24-15(9)22-2/h3-7H,1-2H3,(H3,18,19)(H,20,21). The van der Waals surface area contributed by atoms with Gasteiger partial charge >= 0.3 is 0 Å². The highest BCUT2D eigenvalue weighted by Gasteiger charge is 2.15. The molecule has 0 unspecified atom stereocenters. The van der Waals surface area contributed by atoms with Crippen molar-refractivity contribution in [1.82, 2.24) is 4.98 Å². The van der Waals surface area contributed by atoms with Crippen molar-refractivity contribution < 1.29 is 0 Å². The van der Waals surface area contributed by atoms with Crippen molar-refractivity contribution in [2.75, 3.05) is 11.6 Å². The van der Waals surface area contributed by atoms with Crippen LogP contribution in [0.15, 0.2) is 33.9 Å². The number of thiophene rings is 1. The predicted molar refractivity (Wildman–Crippen MR) is 108 cm³/mol. The van der Waals surface area contributed by atoms with E-state index in [1.54, 1.807) is 11.8 Å². The number of rotatable bonds is 5. The third-order valence-corrected chi connectivity index (χ3v) is 6.91. The predicted octanol–water partition coefficient (Wildman–Crippen LogP) is 5.58. The van der Waals surface area contributed by atoms with Gasteiger partial charge in [-0.15, -0.1) is 34.4 Å². The average Bonchev–Trinajstić information content (AvgIpc) is 3.18. The lowest BCUT2D eigenvalue weighted by molar-refractivity contribution is 1.35. The molecule has 24 heavy (non-hydrogen) atoms. The van der Waals surface area contributed by atoms with E-state index in [0.29, 0.717) is 0 Å². The highest BCUT2D eigenvalue weighted by atomic mass is 35.5. The van der Waals surface area contributed by atoms with Crippen LogP contribution in [0, 0.1) is 12.3 Å². The summed E-state index contributed by atoms with van der Waals surface area (Å²) in [6.07, 6.45) is 2.01. The van der Waals surface area contributed by atoms with E-state index in [9.17, 15) is 0 Å². The summed E-state index contributed by atoms with van der Waals surface area (Å²) in [7, 11) is 0. The number of benzene rings is 1. The Balaban J connectivity index is 1.91. The Morgan fingerprint density at radius 2 is 2.21 bits per heavy atom. The maximum atomic E-state index is 7.62. The van der Waals surface area contributed by atoms with E-state index in [4.69, 9.17) is 22.7 Å². The third kappa shape index (κ3) is 3.44. The van der Waals surface area contributed by atoms with Crippen molar-refractivity contribution in [3.8, 4) is 11.3 Å². The van der Waals surface area contributed by atoms with Gasteiger partial charge in [-0.3, -0.25) is 5.41 Å². The number of halogens is 1. The zero-order valence-corrected chi connectivity index (χ0v) is 16.2. The Kier molecular flexibility index (Phi) is 5.15. The van der Waals surface area contributed by atoms with E-state index in [1.807, 2.05) is 42.8 Å². The van der Waals surface area contributed by atoms with E-state index in [1.165, 1.54) is 22.7 Å². The van der Waals surface area contributed by atoms with Crippen LogP contribution in [0.1, 0.15) is 10.4 Å². The molecule has 0 bridgehead atoms. The number of nitrogens with zero attached hydrogens (tertiary/aromatic N) is 1. The van der Waals surface area contributed by atoms with Gasteiger partial charge in [0.15, 0.2) is 5.13 Å². The monoisotopic (exact) mass is 394 g/mol. The largest absolute Gasteiger partial charge is 0.383 e. The second kappa shape index (κ2) is 7.14. The summed E-state index contributed by atoms with van der Waals surface area (Å²) < 4.78 is 1.11. The van der Waals surface area contributed by atoms with Gasteiger partial charge in [-0.25, -0.2) is 4.98 Å². The molecule has 2 aromatic heterocycles. The molecule has 0 saturated heterocycles. The number of nitrogens with two attached hydrogens (primary N) is 1. The molecule has 0 spiro atoms. The molecule has 3 aromatic rings. The summed E-state index contributed by atoms with van der Waals surface area (Å²) >= 11 is 10.9. The molecule has 4 N–H and O–H groups in total. The number of aromatic nitrogens is 1. The van der Waals surface area contributed by atoms with Crippen molar-refractivity contribution in [3.05, 3.63) is 45.1 Å². The van der Waals surface area contributed by atoms with Crippen LogP contribution < -0.4 is 11.1 Å². The summed E-state index contributed by atoms with van der Waals surface area (Å²) in [4.78, 5) is 5.44. The summed E-state index contributed by atoms with van der Waals surface area (Å²) in [6.45, 7) is 1.98. The van der Waals surface area contributed by atoms with Crippen LogP contribution in [-0.2, 0) is 0 Å². The molecule has 8 heteroatoms. The zero-order chi connectivity index (χ0) is 17.3. The van der Waals surface area contributed by atoms with Gasteiger partial charge in [0.1, 0.15) is 5.84 Å². The van der Waals surface area contributed by atoms with Crippen molar-refractivity contribution in [2.45, 2.75) is 11.1 Å². The number of thiazole rings is 1. The number of anilines is 2. The minimum atomic E-state index is 0.0877. The van der Waals surface area contributed by atoms with Crippen LogP contribution in [0.3, 0.4) is 0 Å². The molecule has 0 fully saturated rings. The molecular formula is C16H15ClN4S3. The van der Waals surface area contributed by atoms with Gasteiger partial charge in [0, 0.05) is 21.7 Å². The van der Waals surface area contributed by atoms with Crippen LogP contribution in [0.5, 0.6) is 0 Å². The van der Waals surface area contributed by atoms with E-state index in [-0.39, 0.29) is 5.84 Å². The number of amidine groups is 1. The van der Waals surface area contributed by atoms with Crippen LogP contribution in [0.25, 0.3) is 11.3 Å². The normalized spacial score (nSPS) is 10.8. The molecular weight excluding hydrogens is 380 g/mol. The molecule has 4 nitrogen and oxygen atoms in total. The lowest BCUT2D eigenvalue weighted by Gasteiger charge is -2.07. The van der Waals surface area contributed by atoms with Gasteiger partial charge in [-0.05, 0) is 36.9 Å². The Morgan fingerprint density at radius 3 is 2.92 bits per heavy atom. The third-order valence-electron chi connectivity index (χ3n) is 3.44. The van der Waals surface area contributed by atoms with Gasteiger partial charge in [0.2, 0.25) is 0 Å². The highest BCUT2D eigenvalue weighted by molar-refractivity contribution is 8.00. The topological polar surface area (TPSA) is 74.8 Å². The lowest BCUT2D eigenvalue weighted by atomic mass is 10.2. The van der Waals surface area contributed by atoms with Gasteiger partial charge in [-0.1, -0.05) is 17.7 Å². The zero-order valence-electron chi connectivity index (χ0n) is 13.0. The summed E-state index contributed by atoms with van der Waals surface area (Å²) in [5.74, 6) is 0.0877. The Bertz CT molecular complexity index is 901. The fourth-order valence-electron chi connectivity index (χ4n) is 2.15. The number of hydrogen-bond acceptors (Lipinski definition) is 6. The average molecular weight is 395 g/mol. The van der Waals surface area contributed by atoms with Crippen LogP contribution in [-0.4, -0.2) is 17.1 Å². The first-order valence-corrected chi connectivity index (χ1v) is 10.3. The number of nitrogens with one attached hydrogen (secondary N) is 2. The maximum absolute atomic E-state index is 7.62. The summed E-state index contributed by atoms with van der Waals surface area (Å²) in [6, 6.07) is 7.70. The number of thioether (sulfide) groups is 1. The van der Waals surface area contributed by atoms with Gasteiger partial charge in [-0.2, -0.15) is 0 Å². The summed E-state index contributed by atoms with van der Waals surface area (Å²) in [5, 5.41) is 14.5. The number of nitrogen functional groups attached to an aromatic ring is 1. The molecule has 124 valence electrons. The molecule has 0 saturated carbocycles. The first kappa shape index (κ1) is 17.3. The molecule has 0 amide bonds. The second-order valence-electron chi connectivity index (χ2n) is 5.00. The quantitative estimate of drug-likeness (QED) is 0.300. The summed E-state index contributed by atoms with van der Waals surface area (Å²) in [5.41, 5.74) is 9.45. The first-order chi connectivity index (χ1) is 11.5. The second-order valence-corrected chi connectivity index (χ2v) is 8.40. The van der Waals surface area contributed by atoms with E-state index >= 15 is 0 Å². The molecule has 0 aliphatic rings. The molecule has 0 atom stereocenters. The van der Waals surface area contributed by atoms with Crippen molar-refractivity contribution in [2.24, 2.45) is 5.73 Å². The molecule has 0 radical (unpaired) electrons. The highest BCUT2D eigenvalue weighted by Crippen LogP contribution is 2.39. The van der Waals surface area contributed by atoms with E-state index in [2.05, 4.69) is 10.3 Å². The van der Waals surface area contributed by atoms with Crippen molar-refractivity contribution >= 4 is 62.7 Å². The minimum Gasteiger partial charge on any atom is -0.383 e. The van der Waals surface area contributed by atoms with E-state index < -0.39 is 0 Å². The minimum absolute atomic E-state index is 0.0877. The molecule has 1 aromatic carbocycles. The lowest BCUT2D eigenvalue weighted by Crippen LogP contribution is -2.08. The van der Waals surface area contributed by atoms with Gasteiger partial charge in [0.05, 0.1) is 14.8 Å². The molecule has 0 aliphatic carbocycles. The molecule has 2 heterocycles. The Hall–Kier alpha value is -1.54. The first-order valence-electron chi connectivity index (χ1n) is 7.00. The van der Waals surface area contributed by atoms with Crippen LogP contribution >= 0.6 is 46.0 Å². The van der Waals surface area contributed by atoms with Crippen molar-refractivity contribution in [3.63, 3.8) is 0 Å².